The van der Waals surface area contributed by atoms with Gasteiger partial charge in [-0.25, -0.2) is 0 Å². The van der Waals surface area contributed by atoms with Crippen molar-refractivity contribution >= 4 is 15.2 Å². The van der Waals surface area contributed by atoms with E-state index in [1.54, 1.807) is 0 Å². The van der Waals surface area contributed by atoms with E-state index in [9.17, 15) is 0 Å². The topological polar surface area (TPSA) is 18.5 Å². The smallest absolute Gasteiger partial charge is 0.408 e. The summed E-state index contributed by atoms with van der Waals surface area (Å²) < 4.78 is 11.5. The highest BCUT2D eigenvalue weighted by atomic mass is 28.3. The van der Waals surface area contributed by atoms with E-state index in [1.807, 2.05) is 0 Å². The zero-order valence-electron chi connectivity index (χ0n) is 11.2. The highest BCUT2D eigenvalue weighted by Gasteiger charge is 2.34. The van der Waals surface area contributed by atoms with Gasteiger partial charge in [-0.3, -0.25) is 0 Å². The molecule has 1 rings (SSSR count). The van der Waals surface area contributed by atoms with Crippen molar-refractivity contribution in [3.05, 3.63) is 11.2 Å². The van der Waals surface area contributed by atoms with Gasteiger partial charge >= 0.3 is 7.12 Å². The predicted octanol–water partition coefficient (Wildman–Crippen LogP) is 3.44. The van der Waals surface area contributed by atoms with Crippen LogP contribution >= 0.6 is 0 Å². The lowest BCUT2D eigenvalue weighted by Gasteiger charge is -2.29. The molecule has 0 unspecified atom stereocenters. The highest BCUT2D eigenvalue weighted by molar-refractivity contribution is 6.95. The monoisotopic (exact) mass is 240 g/mol. The summed E-state index contributed by atoms with van der Waals surface area (Å²) in [7, 11) is -1.36. The molecule has 1 fully saturated rings. The van der Waals surface area contributed by atoms with E-state index in [0.29, 0.717) is 0 Å². The third-order valence-electron chi connectivity index (χ3n) is 2.87. The Morgan fingerprint density at radius 1 is 1.25 bits per heavy atom. The van der Waals surface area contributed by atoms with E-state index in [0.717, 1.165) is 19.6 Å². The first kappa shape index (κ1) is 14.0. The second kappa shape index (κ2) is 6.62. The molecule has 0 bridgehead atoms. The molecule has 0 aromatic rings. The first-order chi connectivity index (χ1) is 7.55. The normalized spacial score (nSPS) is 19.0. The van der Waals surface area contributed by atoms with Crippen molar-refractivity contribution in [3.8, 4) is 0 Å². The maximum absolute atomic E-state index is 5.74. The van der Waals surface area contributed by atoms with Crippen LogP contribution in [0.1, 0.15) is 32.6 Å². The summed E-state index contributed by atoms with van der Waals surface area (Å²) in [5, 5.41) is 1.45. The maximum atomic E-state index is 5.74. The highest BCUT2D eigenvalue weighted by Crippen LogP contribution is 2.22. The molecule has 0 atom stereocenters. The zero-order chi connectivity index (χ0) is 12.0. The molecule has 1 aliphatic heterocycles. The molecule has 92 valence electrons. The molecule has 0 N–H and O–H groups in total. The van der Waals surface area contributed by atoms with Crippen LogP contribution in [0, 0.1) is 0 Å². The number of unbranched alkanes of at least 4 members (excludes halogenated alkanes) is 2. The van der Waals surface area contributed by atoms with Crippen molar-refractivity contribution in [3.63, 3.8) is 0 Å². The largest absolute Gasteiger partial charge is 0.485 e. The molecule has 1 heterocycles. The van der Waals surface area contributed by atoms with Crippen LogP contribution in [-0.2, 0) is 9.31 Å². The average molecular weight is 240 g/mol. The van der Waals surface area contributed by atoms with Gasteiger partial charge in [0.25, 0.3) is 0 Å². The quantitative estimate of drug-likeness (QED) is 0.541. The van der Waals surface area contributed by atoms with Gasteiger partial charge in [-0.05, 0) is 12.8 Å². The minimum atomic E-state index is -1.31. The zero-order valence-corrected chi connectivity index (χ0v) is 12.2. The van der Waals surface area contributed by atoms with Gasteiger partial charge in [0.05, 0.1) is 8.07 Å². The summed E-state index contributed by atoms with van der Waals surface area (Å²) in [6.45, 7) is 11.0. The third-order valence-corrected chi connectivity index (χ3v) is 5.04. The van der Waals surface area contributed by atoms with Crippen molar-refractivity contribution in [2.75, 3.05) is 13.2 Å². The molecule has 16 heavy (non-hydrogen) atoms. The molecule has 4 heteroatoms. The van der Waals surface area contributed by atoms with Gasteiger partial charge < -0.3 is 9.31 Å². The summed E-state index contributed by atoms with van der Waals surface area (Å²) in [5.74, 6) is 0. The van der Waals surface area contributed by atoms with Crippen molar-refractivity contribution < 1.29 is 9.31 Å². The second-order valence-corrected chi connectivity index (χ2v) is 10.6. The Labute approximate surface area is 102 Å². The molecule has 0 amide bonds. The van der Waals surface area contributed by atoms with E-state index in [4.69, 9.17) is 9.31 Å². The van der Waals surface area contributed by atoms with Gasteiger partial charge in [-0.1, -0.05) is 50.6 Å². The summed E-state index contributed by atoms with van der Waals surface area (Å²) >= 11 is 0. The molecule has 0 saturated carbocycles. The molecule has 1 saturated heterocycles. The Kier molecular flexibility index (Phi) is 5.80. The predicted molar refractivity (Wildman–Crippen MR) is 73.2 cm³/mol. The SMILES string of the molecule is CCCC/C=C(/B1OCCCO1)[Si](C)(C)C. The lowest BCUT2D eigenvalue weighted by atomic mass is 9.86. The Bertz CT molecular complexity index is 230. The van der Waals surface area contributed by atoms with E-state index in [1.165, 1.54) is 24.4 Å². The van der Waals surface area contributed by atoms with E-state index in [2.05, 4.69) is 32.6 Å². The van der Waals surface area contributed by atoms with Gasteiger partial charge in [0.2, 0.25) is 0 Å². The second-order valence-electron chi connectivity index (χ2n) is 5.48. The van der Waals surface area contributed by atoms with Crippen LogP contribution in [0.15, 0.2) is 11.2 Å². The fraction of sp³-hybridized carbons (Fsp3) is 0.833. The Morgan fingerprint density at radius 2 is 1.88 bits per heavy atom. The summed E-state index contributed by atoms with van der Waals surface area (Å²) in [5.41, 5.74) is 0. The molecule has 0 spiro atoms. The first-order valence-corrected chi connectivity index (χ1v) is 9.99. The average Bonchev–Trinajstić information content (AvgIpc) is 2.24. The summed E-state index contributed by atoms with van der Waals surface area (Å²) in [6, 6.07) is 0. The number of rotatable bonds is 5. The van der Waals surface area contributed by atoms with Gasteiger partial charge in [-0.2, -0.15) is 0 Å². The molecular formula is C12H25BO2Si. The van der Waals surface area contributed by atoms with Gasteiger partial charge in [0.15, 0.2) is 0 Å². The molecule has 0 aromatic carbocycles. The fourth-order valence-corrected chi connectivity index (χ4v) is 3.52. The van der Waals surface area contributed by atoms with Gasteiger partial charge in [0, 0.05) is 13.2 Å². The van der Waals surface area contributed by atoms with Crippen molar-refractivity contribution in [2.24, 2.45) is 0 Å². The van der Waals surface area contributed by atoms with Crippen LogP contribution in [0.3, 0.4) is 0 Å². The number of allylic oxidation sites excluding steroid dienone is 1. The molecular weight excluding hydrogens is 215 g/mol. The molecule has 2 nitrogen and oxygen atoms in total. The lowest BCUT2D eigenvalue weighted by Crippen LogP contribution is -2.41. The van der Waals surface area contributed by atoms with Crippen LogP contribution < -0.4 is 0 Å². The van der Waals surface area contributed by atoms with Crippen LogP contribution in [0.4, 0.5) is 0 Å². The standard InChI is InChI=1S/C12H25BO2Si/c1-5-6-7-9-12(16(2,3)4)13-14-10-8-11-15-13/h9H,5-8,10-11H2,1-4H3/b12-9-. The lowest BCUT2D eigenvalue weighted by molar-refractivity contribution is 0.141. The molecule has 0 aliphatic carbocycles. The van der Waals surface area contributed by atoms with E-state index >= 15 is 0 Å². The van der Waals surface area contributed by atoms with Crippen LogP contribution in [-0.4, -0.2) is 28.4 Å². The van der Waals surface area contributed by atoms with Crippen LogP contribution in [0.2, 0.25) is 19.6 Å². The maximum Gasteiger partial charge on any atom is 0.485 e. The van der Waals surface area contributed by atoms with Crippen molar-refractivity contribution in [2.45, 2.75) is 52.2 Å². The Hall–Kier alpha value is -0.0582. The molecule has 0 aromatic heterocycles. The Balaban J connectivity index is 2.66. The summed E-state index contributed by atoms with van der Waals surface area (Å²) in [6.07, 6.45) is 7.10. The fourth-order valence-electron chi connectivity index (χ4n) is 1.88. The number of hydrogen-bond acceptors (Lipinski definition) is 2. The van der Waals surface area contributed by atoms with Crippen LogP contribution in [0.25, 0.3) is 0 Å². The minimum Gasteiger partial charge on any atom is -0.408 e. The third kappa shape index (κ3) is 4.44. The van der Waals surface area contributed by atoms with Gasteiger partial charge in [0.1, 0.15) is 0 Å². The number of hydrogen-bond donors (Lipinski definition) is 0. The minimum absolute atomic E-state index is 0.0442. The summed E-state index contributed by atoms with van der Waals surface area (Å²) in [4.78, 5) is 0. The van der Waals surface area contributed by atoms with Crippen molar-refractivity contribution in [1.82, 2.24) is 0 Å². The first-order valence-electron chi connectivity index (χ1n) is 6.49. The Morgan fingerprint density at radius 3 is 2.38 bits per heavy atom. The van der Waals surface area contributed by atoms with Crippen molar-refractivity contribution in [1.29, 1.82) is 0 Å². The van der Waals surface area contributed by atoms with Crippen LogP contribution in [0.5, 0.6) is 0 Å². The molecule has 0 radical (unpaired) electrons. The van der Waals surface area contributed by atoms with E-state index in [-0.39, 0.29) is 7.12 Å². The van der Waals surface area contributed by atoms with E-state index < -0.39 is 8.07 Å². The van der Waals surface area contributed by atoms with Gasteiger partial charge in [-0.15, -0.1) is 0 Å². The molecule has 1 aliphatic rings.